The average Bonchev–Trinajstić information content (AvgIpc) is 2.59. The van der Waals surface area contributed by atoms with Gasteiger partial charge in [0.05, 0.1) is 0 Å². The standard InChI is InChI=1S/C24H30N2O/c1-23(2,3)18-11-17(14-26-24(4,5)6)22(27)20(12-18)21-15-25-13-16-9-7-8-10-19(16)21/h7-13,15,26-27H,14H2,1-6H3. The summed E-state index contributed by atoms with van der Waals surface area (Å²) >= 11 is 0. The van der Waals surface area contributed by atoms with Crippen molar-refractivity contribution in [2.24, 2.45) is 0 Å². The number of nitrogens with zero attached hydrogens (tertiary/aromatic N) is 1. The van der Waals surface area contributed by atoms with Crippen molar-refractivity contribution in [1.82, 2.24) is 10.3 Å². The first-order chi connectivity index (χ1) is 12.6. The zero-order chi connectivity index (χ0) is 19.8. The number of phenols is 1. The van der Waals surface area contributed by atoms with Crippen molar-refractivity contribution in [1.29, 1.82) is 0 Å². The number of hydrogen-bond donors (Lipinski definition) is 2. The van der Waals surface area contributed by atoms with Gasteiger partial charge in [-0.3, -0.25) is 4.98 Å². The highest BCUT2D eigenvalue weighted by atomic mass is 16.3. The molecule has 0 aliphatic heterocycles. The third kappa shape index (κ3) is 4.30. The Hall–Kier alpha value is -2.39. The van der Waals surface area contributed by atoms with Crippen LogP contribution in [0.4, 0.5) is 0 Å². The highest BCUT2D eigenvalue weighted by Crippen LogP contribution is 2.39. The van der Waals surface area contributed by atoms with Crippen molar-refractivity contribution < 1.29 is 5.11 Å². The van der Waals surface area contributed by atoms with Gasteiger partial charge >= 0.3 is 0 Å². The molecule has 0 aliphatic rings. The number of nitrogens with one attached hydrogen (secondary N) is 1. The predicted molar refractivity (Wildman–Crippen MR) is 114 cm³/mol. The topological polar surface area (TPSA) is 45.2 Å². The first-order valence-corrected chi connectivity index (χ1v) is 9.51. The van der Waals surface area contributed by atoms with Crippen molar-refractivity contribution in [3.8, 4) is 16.9 Å². The highest BCUT2D eigenvalue weighted by molar-refractivity contribution is 5.97. The molecule has 0 radical (unpaired) electrons. The summed E-state index contributed by atoms with van der Waals surface area (Å²) in [5, 5.41) is 16.8. The normalized spacial score (nSPS) is 12.5. The van der Waals surface area contributed by atoms with Gasteiger partial charge in [-0.1, -0.05) is 51.1 Å². The molecule has 0 saturated heterocycles. The van der Waals surface area contributed by atoms with Gasteiger partial charge in [0.1, 0.15) is 5.75 Å². The molecule has 0 aliphatic carbocycles. The number of aromatic nitrogens is 1. The van der Waals surface area contributed by atoms with Crippen molar-refractivity contribution in [2.75, 3.05) is 0 Å². The lowest BCUT2D eigenvalue weighted by molar-refractivity contribution is 0.411. The van der Waals surface area contributed by atoms with E-state index in [2.05, 4.69) is 76.1 Å². The van der Waals surface area contributed by atoms with Crippen LogP contribution in [0.5, 0.6) is 5.75 Å². The van der Waals surface area contributed by atoms with Crippen LogP contribution in [0, 0.1) is 0 Å². The van der Waals surface area contributed by atoms with Crippen LogP contribution in [0.15, 0.2) is 48.8 Å². The average molecular weight is 363 g/mol. The fourth-order valence-corrected chi connectivity index (χ4v) is 3.16. The van der Waals surface area contributed by atoms with Gasteiger partial charge in [-0.2, -0.15) is 0 Å². The summed E-state index contributed by atoms with van der Waals surface area (Å²) in [6.45, 7) is 13.6. The predicted octanol–water partition coefficient (Wildman–Crippen LogP) is 5.79. The number of aromatic hydroxyl groups is 1. The summed E-state index contributed by atoms with van der Waals surface area (Å²) < 4.78 is 0. The Morgan fingerprint density at radius 3 is 2.30 bits per heavy atom. The van der Waals surface area contributed by atoms with E-state index in [1.807, 2.05) is 24.5 Å². The molecule has 3 rings (SSSR count). The molecule has 0 amide bonds. The van der Waals surface area contributed by atoms with Crippen LogP contribution in [-0.4, -0.2) is 15.6 Å². The molecule has 0 saturated carbocycles. The molecule has 142 valence electrons. The minimum atomic E-state index is -0.0225. The fraction of sp³-hybridized carbons (Fsp3) is 0.375. The van der Waals surface area contributed by atoms with E-state index >= 15 is 0 Å². The Bertz CT molecular complexity index is 957. The van der Waals surface area contributed by atoms with Gasteiger partial charge in [0.25, 0.3) is 0 Å². The van der Waals surface area contributed by atoms with E-state index in [1.54, 1.807) is 0 Å². The van der Waals surface area contributed by atoms with Crippen molar-refractivity contribution in [3.63, 3.8) is 0 Å². The Labute approximate surface area is 162 Å². The van der Waals surface area contributed by atoms with Crippen LogP contribution in [0.2, 0.25) is 0 Å². The lowest BCUT2D eigenvalue weighted by Gasteiger charge is -2.25. The largest absolute Gasteiger partial charge is 0.507 e. The Kier molecular flexibility index (Phi) is 5.00. The molecule has 1 aromatic heterocycles. The maximum absolute atomic E-state index is 11.1. The van der Waals surface area contributed by atoms with Gasteiger partial charge in [0.2, 0.25) is 0 Å². The van der Waals surface area contributed by atoms with E-state index < -0.39 is 0 Å². The van der Waals surface area contributed by atoms with E-state index in [0.717, 1.165) is 27.5 Å². The number of fused-ring (bicyclic) bond motifs is 1. The van der Waals surface area contributed by atoms with Crippen molar-refractivity contribution >= 4 is 10.8 Å². The lowest BCUT2D eigenvalue weighted by atomic mass is 9.83. The number of phenolic OH excluding ortho intramolecular Hbond substituents is 1. The third-order valence-corrected chi connectivity index (χ3v) is 4.82. The number of pyridine rings is 1. The molecule has 2 N–H and O–H groups in total. The number of rotatable bonds is 3. The summed E-state index contributed by atoms with van der Waals surface area (Å²) in [5.41, 5.74) is 3.89. The van der Waals surface area contributed by atoms with Crippen LogP contribution >= 0.6 is 0 Å². The fourth-order valence-electron chi connectivity index (χ4n) is 3.16. The molecule has 2 aromatic carbocycles. The highest BCUT2D eigenvalue weighted by Gasteiger charge is 2.21. The quantitative estimate of drug-likeness (QED) is 0.619. The van der Waals surface area contributed by atoms with E-state index in [0.29, 0.717) is 12.3 Å². The van der Waals surface area contributed by atoms with Gasteiger partial charge in [0.15, 0.2) is 0 Å². The van der Waals surface area contributed by atoms with Crippen molar-refractivity contribution in [2.45, 2.75) is 59.0 Å². The molecule has 27 heavy (non-hydrogen) atoms. The molecule has 0 unspecified atom stereocenters. The minimum Gasteiger partial charge on any atom is -0.507 e. The summed E-state index contributed by atoms with van der Waals surface area (Å²) in [6.07, 6.45) is 3.72. The van der Waals surface area contributed by atoms with Crippen LogP contribution in [-0.2, 0) is 12.0 Å². The zero-order valence-corrected chi connectivity index (χ0v) is 17.2. The van der Waals surface area contributed by atoms with Gasteiger partial charge < -0.3 is 10.4 Å². The zero-order valence-electron chi connectivity index (χ0n) is 17.2. The Morgan fingerprint density at radius 2 is 1.63 bits per heavy atom. The van der Waals surface area contributed by atoms with Gasteiger partial charge in [-0.05, 0) is 43.2 Å². The summed E-state index contributed by atoms with van der Waals surface area (Å²) in [5.74, 6) is 0.331. The molecule has 0 fully saturated rings. The molecule has 0 atom stereocenters. The van der Waals surface area contributed by atoms with Crippen LogP contribution in [0.25, 0.3) is 21.9 Å². The lowest BCUT2D eigenvalue weighted by Crippen LogP contribution is -2.35. The third-order valence-electron chi connectivity index (χ3n) is 4.82. The molecule has 3 nitrogen and oxygen atoms in total. The number of benzene rings is 2. The molecule has 0 bridgehead atoms. The smallest absolute Gasteiger partial charge is 0.127 e. The van der Waals surface area contributed by atoms with Crippen LogP contribution in [0.3, 0.4) is 0 Å². The second-order valence-electron chi connectivity index (χ2n) is 9.29. The Morgan fingerprint density at radius 1 is 0.926 bits per heavy atom. The molecular weight excluding hydrogens is 332 g/mol. The summed E-state index contributed by atoms with van der Waals surface area (Å²) in [4.78, 5) is 4.41. The van der Waals surface area contributed by atoms with Gasteiger partial charge in [0, 0.05) is 46.6 Å². The molecule has 3 heteroatoms. The van der Waals surface area contributed by atoms with Crippen LogP contribution in [0.1, 0.15) is 52.7 Å². The van der Waals surface area contributed by atoms with Crippen molar-refractivity contribution in [3.05, 3.63) is 59.9 Å². The minimum absolute atomic E-state index is 0.0169. The Balaban J connectivity index is 2.22. The molecular formula is C24H30N2O. The van der Waals surface area contributed by atoms with Gasteiger partial charge in [-0.15, -0.1) is 0 Å². The van der Waals surface area contributed by atoms with E-state index in [-0.39, 0.29) is 11.0 Å². The second kappa shape index (κ2) is 6.97. The SMILES string of the molecule is CC(C)(C)NCc1cc(C(C)(C)C)cc(-c2cncc3ccccc23)c1O. The molecule has 1 heterocycles. The maximum atomic E-state index is 11.1. The second-order valence-corrected chi connectivity index (χ2v) is 9.29. The monoisotopic (exact) mass is 362 g/mol. The van der Waals surface area contributed by atoms with E-state index in [1.165, 1.54) is 5.56 Å². The van der Waals surface area contributed by atoms with E-state index in [4.69, 9.17) is 0 Å². The maximum Gasteiger partial charge on any atom is 0.127 e. The van der Waals surface area contributed by atoms with E-state index in [9.17, 15) is 5.11 Å². The molecule has 3 aromatic rings. The van der Waals surface area contributed by atoms with Crippen LogP contribution < -0.4 is 5.32 Å². The first kappa shape index (κ1) is 19.4. The first-order valence-electron chi connectivity index (χ1n) is 9.51. The summed E-state index contributed by atoms with van der Waals surface area (Å²) in [6, 6.07) is 12.4. The van der Waals surface area contributed by atoms with Gasteiger partial charge in [-0.25, -0.2) is 0 Å². The molecule has 0 spiro atoms. The number of hydrogen-bond acceptors (Lipinski definition) is 3. The summed E-state index contributed by atoms with van der Waals surface area (Å²) in [7, 11) is 0.